The number of guanidine groups is 1. The lowest BCUT2D eigenvalue weighted by molar-refractivity contribution is 0.00396. The van der Waals surface area contributed by atoms with Crippen molar-refractivity contribution in [1.82, 2.24) is 30.3 Å². The summed E-state index contributed by atoms with van der Waals surface area (Å²) in [6.07, 6.45) is 6.48. The van der Waals surface area contributed by atoms with Gasteiger partial charge in [0.05, 0.1) is 6.10 Å². The van der Waals surface area contributed by atoms with Gasteiger partial charge in [-0.25, -0.2) is 4.99 Å². The molecule has 0 aromatic carbocycles. The second-order valence-electron chi connectivity index (χ2n) is 8.96. The van der Waals surface area contributed by atoms with Crippen LogP contribution in [-0.2, 0) is 13.6 Å². The van der Waals surface area contributed by atoms with Crippen LogP contribution in [0, 0.1) is 12.3 Å². The van der Waals surface area contributed by atoms with Gasteiger partial charge >= 0.3 is 0 Å². The molecule has 0 amide bonds. The zero-order valence-corrected chi connectivity index (χ0v) is 18.6. The van der Waals surface area contributed by atoms with E-state index in [1.54, 1.807) is 0 Å². The number of likely N-dealkylation sites (tertiary alicyclic amines) is 1. The van der Waals surface area contributed by atoms with Gasteiger partial charge in [0.1, 0.15) is 12.4 Å². The summed E-state index contributed by atoms with van der Waals surface area (Å²) in [5, 5.41) is 26.0. The molecule has 1 aromatic heterocycles. The highest BCUT2D eigenvalue weighted by atomic mass is 16.3. The van der Waals surface area contributed by atoms with Crippen LogP contribution in [0.3, 0.4) is 0 Å². The Balaban J connectivity index is 1.65. The Hall–Kier alpha value is -1.67. The molecule has 1 saturated heterocycles. The maximum absolute atomic E-state index is 10.5. The summed E-state index contributed by atoms with van der Waals surface area (Å²) >= 11 is 0. The Morgan fingerprint density at radius 3 is 2.76 bits per heavy atom. The number of aryl methyl sites for hydroxylation is 1. The first-order valence-electron chi connectivity index (χ1n) is 11.2. The van der Waals surface area contributed by atoms with Crippen molar-refractivity contribution in [3.63, 3.8) is 0 Å². The topological polar surface area (TPSA) is 90.6 Å². The van der Waals surface area contributed by atoms with E-state index < -0.39 is 0 Å². The minimum absolute atomic E-state index is 0.106. The zero-order chi connectivity index (χ0) is 20.9. The third-order valence-electron chi connectivity index (χ3n) is 6.91. The summed E-state index contributed by atoms with van der Waals surface area (Å²) in [6.45, 7) is 10.7. The van der Waals surface area contributed by atoms with Crippen LogP contribution in [0.25, 0.3) is 0 Å². The highest BCUT2D eigenvalue weighted by Crippen LogP contribution is 2.35. The van der Waals surface area contributed by atoms with Crippen LogP contribution in [0.1, 0.15) is 64.0 Å². The first kappa shape index (κ1) is 22.0. The van der Waals surface area contributed by atoms with E-state index in [0.717, 1.165) is 56.5 Å². The van der Waals surface area contributed by atoms with E-state index >= 15 is 0 Å². The molecule has 1 saturated carbocycles. The van der Waals surface area contributed by atoms with Crippen molar-refractivity contribution in [2.24, 2.45) is 17.5 Å². The second kappa shape index (κ2) is 9.89. The van der Waals surface area contributed by atoms with Gasteiger partial charge in [0.25, 0.3) is 0 Å². The van der Waals surface area contributed by atoms with E-state index in [-0.39, 0.29) is 11.5 Å². The number of aliphatic hydroxyl groups excluding tert-OH is 1. The van der Waals surface area contributed by atoms with E-state index in [1.165, 1.54) is 25.8 Å². The molecule has 2 aliphatic rings. The number of nitrogens with zero attached hydrogens (tertiary/aromatic N) is 5. The predicted molar refractivity (Wildman–Crippen MR) is 116 cm³/mol. The molecule has 1 aromatic rings. The van der Waals surface area contributed by atoms with E-state index in [1.807, 2.05) is 18.5 Å². The van der Waals surface area contributed by atoms with Crippen molar-refractivity contribution < 1.29 is 5.11 Å². The number of hydrogen-bond donors (Lipinski definition) is 3. The number of aliphatic hydroxyl groups is 1. The summed E-state index contributed by atoms with van der Waals surface area (Å²) < 4.78 is 1.98. The number of hydrogen-bond acceptors (Lipinski definition) is 5. The van der Waals surface area contributed by atoms with Gasteiger partial charge in [-0.15, -0.1) is 10.2 Å². The summed E-state index contributed by atoms with van der Waals surface area (Å²) in [7, 11) is 1.97. The van der Waals surface area contributed by atoms with E-state index in [0.29, 0.717) is 12.6 Å². The zero-order valence-electron chi connectivity index (χ0n) is 18.6. The maximum atomic E-state index is 10.5. The number of nitrogens with one attached hydrogen (secondary N) is 2. The molecular weight excluding hydrogens is 366 g/mol. The van der Waals surface area contributed by atoms with Gasteiger partial charge in [-0.2, -0.15) is 0 Å². The van der Waals surface area contributed by atoms with Crippen molar-refractivity contribution in [3.8, 4) is 0 Å². The van der Waals surface area contributed by atoms with Crippen LogP contribution in [0.2, 0.25) is 0 Å². The van der Waals surface area contributed by atoms with Crippen molar-refractivity contribution in [2.75, 3.05) is 26.2 Å². The molecule has 164 valence electrons. The van der Waals surface area contributed by atoms with Gasteiger partial charge in [0, 0.05) is 31.6 Å². The van der Waals surface area contributed by atoms with Crippen molar-refractivity contribution >= 4 is 5.96 Å². The molecule has 8 heteroatoms. The fourth-order valence-corrected chi connectivity index (χ4v) is 4.54. The molecule has 0 bridgehead atoms. The monoisotopic (exact) mass is 405 g/mol. The minimum atomic E-state index is -0.253. The first-order chi connectivity index (χ1) is 13.9. The number of aliphatic imine (C=N–C) groups is 1. The van der Waals surface area contributed by atoms with Gasteiger partial charge in [-0.1, -0.05) is 26.7 Å². The Kier molecular flexibility index (Phi) is 7.51. The summed E-state index contributed by atoms with van der Waals surface area (Å²) in [4.78, 5) is 7.32. The molecule has 0 spiro atoms. The van der Waals surface area contributed by atoms with Crippen LogP contribution >= 0.6 is 0 Å². The van der Waals surface area contributed by atoms with Crippen molar-refractivity contribution in [3.05, 3.63) is 11.6 Å². The van der Waals surface area contributed by atoms with Crippen LogP contribution in [0.15, 0.2) is 4.99 Å². The van der Waals surface area contributed by atoms with Crippen LogP contribution in [0.4, 0.5) is 0 Å². The number of likely N-dealkylation sites (N-methyl/N-ethyl adjacent to an activating group) is 1. The molecular formula is C21H39N7O. The lowest BCUT2D eigenvalue weighted by atomic mass is 9.73. The molecule has 1 aliphatic carbocycles. The summed E-state index contributed by atoms with van der Waals surface area (Å²) in [6, 6.07) is 0.555. The first-order valence-corrected chi connectivity index (χ1v) is 11.2. The number of aromatic nitrogens is 3. The average molecular weight is 406 g/mol. The summed E-state index contributed by atoms with van der Waals surface area (Å²) in [5.41, 5.74) is -0.106. The maximum Gasteiger partial charge on any atom is 0.191 e. The van der Waals surface area contributed by atoms with Crippen LogP contribution in [-0.4, -0.2) is 69.1 Å². The van der Waals surface area contributed by atoms with Crippen molar-refractivity contribution in [1.29, 1.82) is 0 Å². The lowest BCUT2D eigenvalue weighted by Gasteiger charge is -2.39. The normalized spacial score (nSPS) is 28.7. The van der Waals surface area contributed by atoms with Gasteiger partial charge in [0.2, 0.25) is 0 Å². The fourth-order valence-electron chi connectivity index (χ4n) is 4.54. The Morgan fingerprint density at radius 1 is 1.24 bits per heavy atom. The highest BCUT2D eigenvalue weighted by molar-refractivity contribution is 5.79. The average Bonchev–Trinajstić information content (AvgIpc) is 3.30. The molecule has 1 aliphatic heterocycles. The molecule has 2 heterocycles. The molecule has 3 rings (SSSR count). The molecule has 8 nitrogen and oxygen atoms in total. The van der Waals surface area contributed by atoms with Crippen molar-refractivity contribution in [2.45, 2.75) is 78.0 Å². The standard InChI is InChI=1S/C21H39N7O/c1-5-28-12-8-9-17(28)13-22-20(23-14-19-26-25-16(2)27(19)4)24-15-21(3)11-7-6-10-18(21)29/h17-18,29H,5-15H2,1-4H3,(H2,22,23,24). The predicted octanol–water partition coefficient (Wildman–Crippen LogP) is 1.58. The largest absolute Gasteiger partial charge is 0.392 e. The van der Waals surface area contributed by atoms with Gasteiger partial charge in [0.15, 0.2) is 11.8 Å². The van der Waals surface area contributed by atoms with Gasteiger partial charge in [-0.05, 0) is 45.7 Å². The highest BCUT2D eigenvalue weighted by Gasteiger charge is 2.35. The van der Waals surface area contributed by atoms with Crippen LogP contribution < -0.4 is 10.6 Å². The number of rotatable bonds is 7. The fraction of sp³-hybridized carbons (Fsp3) is 0.857. The third kappa shape index (κ3) is 5.48. The molecule has 2 fully saturated rings. The molecule has 0 radical (unpaired) electrons. The van der Waals surface area contributed by atoms with Gasteiger partial charge < -0.3 is 20.3 Å². The Labute approximate surface area is 175 Å². The molecule has 3 atom stereocenters. The third-order valence-corrected chi connectivity index (χ3v) is 6.91. The van der Waals surface area contributed by atoms with E-state index in [9.17, 15) is 5.11 Å². The lowest BCUT2D eigenvalue weighted by Crippen LogP contribution is -2.50. The Bertz CT molecular complexity index is 689. The SMILES string of the molecule is CCN1CCCC1CNC(=NCc1nnc(C)n1C)NCC1(C)CCCCC1O. The van der Waals surface area contributed by atoms with E-state index in [2.05, 4.69) is 39.6 Å². The Morgan fingerprint density at radius 2 is 2.07 bits per heavy atom. The molecule has 3 unspecified atom stereocenters. The quantitative estimate of drug-likeness (QED) is 0.471. The molecule has 29 heavy (non-hydrogen) atoms. The smallest absolute Gasteiger partial charge is 0.191 e. The van der Waals surface area contributed by atoms with Crippen LogP contribution in [0.5, 0.6) is 0 Å². The molecule has 3 N–H and O–H groups in total. The van der Waals surface area contributed by atoms with Gasteiger partial charge in [-0.3, -0.25) is 4.90 Å². The van der Waals surface area contributed by atoms with E-state index in [4.69, 9.17) is 4.99 Å². The minimum Gasteiger partial charge on any atom is -0.392 e. The summed E-state index contributed by atoms with van der Waals surface area (Å²) in [5.74, 6) is 2.54. The second-order valence-corrected chi connectivity index (χ2v) is 8.96.